The lowest BCUT2D eigenvalue weighted by atomic mass is 10.2. The van der Waals surface area contributed by atoms with Crippen molar-refractivity contribution in [3.05, 3.63) is 40.9 Å². The SMILES string of the molecule is CCN(C(C)=O)c1nc(CNc2ccccc2CO)cs1. The Balaban J connectivity index is 2.04. The van der Waals surface area contributed by atoms with Gasteiger partial charge in [-0.2, -0.15) is 0 Å². The zero-order valence-electron chi connectivity index (χ0n) is 12.2. The molecular formula is C15H19N3O2S. The molecule has 2 N–H and O–H groups in total. The summed E-state index contributed by atoms with van der Waals surface area (Å²) < 4.78 is 0. The highest BCUT2D eigenvalue weighted by Crippen LogP contribution is 2.22. The maximum Gasteiger partial charge on any atom is 0.225 e. The summed E-state index contributed by atoms with van der Waals surface area (Å²) in [6.45, 7) is 4.64. The van der Waals surface area contributed by atoms with Crippen LogP contribution in [0.15, 0.2) is 29.6 Å². The molecule has 0 unspecified atom stereocenters. The van der Waals surface area contributed by atoms with Gasteiger partial charge in [0.15, 0.2) is 5.13 Å². The summed E-state index contributed by atoms with van der Waals surface area (Å²) in [5, 5.41) is 15.2. The van der Waals surface area contributed by atoms with Crippen molar-refractivity contribution >= 4 is 28.1 Å². The Labute approximate surface area is 128 Å². The number of thiazole rings is 1. The third kappa shape index (κ3) is 3.80. The number of rotatable bonds is 6. The molecule has 0 spiro atoms. The number of carbonyl (C=O) groups is 1. The van der Waals surface area contributed by atoms with Crippen molar-refractivity contribution in [3.8, 4) is 0 Å². The molecule has 21 heavy (non-hydrogen) atoms. The molecule has 0 saturated carbocycles. The van der Waals surface area contributed by atoms with Crippen molar-refractivity contribution < 1.29 is 9.90 Å². The second-order valence-electron chi connectivity index (χ2n) is 4.55. The molecule has 0 aliphatic carbocycles. The van der Waals surface area contributed by atoms with E-state index in [1.807, 2.05) is 36.6 Å². The largest absolute Gasteiger partial charge is 0.392 e. The third-order valence-corrected chi connectivity index (χ3v) is 4.03. The van der Waals surface area contributed by atoms with Crippen LogP contribution < -0.4 is 10.2 Å². The lowest BCUT2D eigenvalue weighted by Gasteiger charge is -2.14. The Bertz CT molecular complexity index is 612. The van der Waals surface area contributed by atoms with Crippen LogP contribution in [0, 0.1) is 0 Å². The molecule has 0 atom stereocenters. The van der Waals surface area contributed by atoms with Crippen molar-refractivity contribution in [2.45, 2.75) is 27.0 Å². The molecule has 0 saturated heterocycles. The number of para-hydroxylation sites is 1. The Morgan fingerprint density at radius 3 is 2.86 bits per heavy atom. The molecule has 0 fully saturated rings. The van der Waals surface area contributed by atoms with Gasteiger partial charge in [0.05, 0.1) is 18.8 Å². The number of aromatic nitrogens is 1. The Hall–Kier alpha value is -1.92. The van der Waals surface area contributed by atoms with Crippen LogP contribution in [0.1, 0.15) is 25.1 Å². The summed E-state index contributed by atoms with van der Waals surface area (Å²) in [4.78, 5) is 17.6. The molecule has 2 aromatic rings. The molecule has 112 valence electrons. The van der Waals surface area contributed by atoms with Gasteiger partial charge in [0.2, 0.25) is 5.91 Å². The fraction of sp³-hybridized carbons (Fsp3) is 0.333. The van der Waals surface area contributed by atoms with Crippen LogP contribution in [-0.4, -0.2) is 22.5 Å². The molecule has 5 nitrogen and oxygen atoms in total. The van der Waals surface area contributed by atoms with E-state index in [1.54, 1.807) is 11.8 Å². The Morgan fingerprint density at radius 1 is 1.43 bits per heavy atom. The van der Waals surface area contributed by atoms with Crippen LogP contribution in [0.5, 0.6) is 0 Å². The monoisotopic (exact) mass is 305 g/mol. The molecule has 6 heteroatoms. The van der Waals surface area contributed by atoms with Gasteiger partial charge in [0.1, 0.15) is 0 Å². The zero-order chi connectivity index (χ0) is 15.2. The summed E-state index contributed by atoms with van der Waals surface area (Å²) in [5.74, 6) is -0.00279. The van der Waals surface area contributed by atoms with E-state index in [9.17, 15) is 9.90 Å². The number of anilines is 2. The minimum Gasteiger partial charge on any atom is -0.392 e. The van der Waals surface area contributed by atoms with Gasteiger partial charge in [-0.25, -0.2) is 4.98 Å². The zero-order valence-corrected chi connectivity index (χ0v) is 13.0. The summed E-state index contributed by atoms with van der Waals surface area (Å²) in [6, 6.07) is 7.61. The van der Waals surface area contributed by atoms with E-state index in [4.69, 9.17) is 0 Å². The van der Waals surface area contributed by atoms with Crippen LogP contribution >= 0.6 is 11.3 Å². The average Bonchev–Trinajstić information content (AvgIpc) is 2.94. The molecule has 0 aliphatic rings. The molecule has 0 bridgehead atoms. The number of benzene rings is 1. The second-order valence-corrected chi connectivity index (χ2v) is 5.39. The first-order chi connectivity index (χ1) is 10.2. The van der Waals surface area contributed by atoms with Crippen LogP contribution in [-0.2, 0) is 17.9 Å². The van der Waals surface area contributed by atoms with Gasteiger partial charge in [0.25, 0.3) is 0 Å². The topological polar surface area (TPSA) is 65.5 Å². The number of hydrogen-bond acceptors (Lipinski definition) is 5. The number of carbonyl (C=O) groups excluding carboxylic acids is 1. The fourth-order valence-electron chi connectivity index (χ4n) is 2.01. The van der Waals surface area contributed by atoms with Crippen LogP contribution in [0.4, 0.5) is 10.8 Å². The van der Waals surface area contributed by atoms with E-state index in [0.717, 1.165) is 22.1 Å². The number of nitrogens with zero attached hydrogens (tertiary/aromatic N) is 2. The lowest BCUT2D eigenvalue weighted by molar-refractivity contribution is -0.116. The van der Waals surface area contributed by atoms with E-state index in [2.05, 4.69) is 10.3 Å². The van der Waals surface area contributed by atoms with Gasteiger partial charge in [-0.05, 0) is 13.0 Å². The number of aliphatic hydroxyl groups is 1. The number of nitrogens with one attached hydrogen (secondary N) is 1. The quantitative estimate of drug-likeness (QED) is 0.861. The van der Waals surface area contributed by atoms with E-state index in [1.165, 1.54) is 11.3 Å². The normalized spacial score (nSPS) is 10.4. The Kier molecular flexibility index (Phi) is 5.30. The van der Waals surface area contributed by atoms with Crippen molar-refractivity contribution in [2.24, 2.45) is 0 Å². The van der Waals surface area contributed by atoms with E-state index >= 15 is 0 Å². The molecule has 1 amide bonds. The molecule has 1 heterocycles. The third-order valence-electron chi connectivity index (χ3n) is 3.11. The van der Waals surface area contributed by atoms with Gasteiger partial charge in [-0.3, -0.25) is 9.69 Å². The van der Waals surface area contributed by atoms with Gasteiger partial charge < -0.3 is 10.4 Å². The van der Waals surface area contributed by atoms with Crippen molar-refractivity contribution in [2.75, 3.05) is 16.8 Å². The van der Waals surface area contributed by atoms with Gasteiger partial charge in [0, 0.05) is 30.1 Å². The molecule has 1 aromatic heterocycles. The van der Waals surface area contributed by atoms with Gasteiger partial charge >= 0.3 is 0 Å². The van der Waals surface area contributed by atoms with E-state index < -0.39 is 0 Å². The highest BCUT2D eigenvalue weighted by atomic mass is 32.1. The van der Waals surface area contributed by atoms with Crippen molar-refractivity contribution in [3.63, 3.8) is 0 Å². The van der Waals surface area contributed by atoms with Crippen LogP contribution in [0.3, 0.4) is 0 Å². The standard InChI is InChI=1S/C15H19N3O2S/c1-3-18(11(2)20)15-17-13(10-21-15)8-16-14-7-5-4-6-12(14)9-19/h4-7,10,16,19H,3,8-9H2,1-2H3. The first kappa shape index (κ1) is 15.5. The van der Waals surface area contributed by atoms with Crippen molar-refractivity contribution in [1.82, 2.24) is 4.98 Å². The summed E-state index contributed by atoms with van der Waals surface area (Å²) in [5.41, 5.74) is 2.63. The molecule has 1 aromatic carbocycles. The van der Waals surface area contributed by atoms with Gasteiger partial charge in [-0.15, -0.1) is 11.3 Å². The molecule has 0 aliphatic heterocycles. The minimum atomic E-state index is -0.00279. The smallest absolute Gasteiger partial charge is 0.225 e. The average molecular weight is 305 g/mol. The Morgan fingerprint density at radius 2 is 2.19 bits per heavy atom. The fourth-order valence-corrected chi connectivity index (χ4v) is 2.94. The highest BCUT2D eigenvalue weighted by molar-refractivity contribution is 7.14. The predicted molar refractivity (Wildman–Crippen MR) is 85.5 cm³/mol. The van der Waals surface area contributed by atoms with Crippen molar-refractivity contribution in [1.29, 1.82) is 0 Å². The van der Waals surface area contributed by atoms with E-state index in [-0.39, 0.29) is 12.5 Å². The second kappa shape index (κ2) is 7.19. The van der Waals surface area contributed by atoms with E-state index in [0.29, 0.717) is 13.1 Å². The summed E-state index contributed by atoms with van der Waals surface area (Å²) >= 11 is 1.46. The molecule has 0 radical (unpaired) electrons. The number of aliphatic hydroxyl groups excluding tert-OH is 1. The number of hydrogen-bond donors (Lipinski definition) is 2. The summed E-state index contributed by atoms with van der Waals surface area (Å²) in [7, 11) is 0. The maximum atomic E-state index is 11.5. The van der Waals surface area contributed by atoms with Crippen LogP contribution in [0.25, 0.3) is 0 Å². The van der Waals surface area contributed by atoms with Gasteiger partial charge in [-0.1, -0.05) is 18.2 Å². The summed E-state index contributed by atoms with van der Waals surface area (Å²) in [6.07, 6.45) is 0. The first-order valence-electron chi connectivity index (χ1n) is 6.80. The highest BCUT2D eigenvalue weighted by Gasteiger charge is 2.13. The minimum absolute atomic E-state index is 0.000558. The maximum absolute atomic E-state index is 11.5. The number of amides is 1. The lowest BCUT2D eigenvalue weighted by Crippen LogP contribution is -2.27. The predicted octanol–water partition coefficient (Wildman–Crippen LogP) is 2.62. The molecular weight excluding hydrogens is 286 g/mol. The van der Waals surface area contributed by atoms with Crippen LogP contribution in [0.2, 0.25) is 0 Å². The molecule has 2 rings (SSSR count). The first-order valence-corrected chi connectivity index (χ1v) is 7.68.